The number of nitrogens with zero attached hydrogens (tertiary/aromatic N) is 4. The SMILES string of the molecule is COc1ccc2cc1OCCCN(C(=O)c1ccc(Cn3cccn3)o1)CC(=O)N[C@H](Cc1ccccc1)C(=O)NCc1nc-2oc1C. The largest absolute Gasteiger partial charge is 0.493 e. The van der Waals surface area contributed by atoms with Gasteiger partial charge in [-0.2, -0.15) is 5.10 Å². The zero-order chi connectivity index (χ0) is 33.5. The molecule has 1 aliphatic rings. The molecule has 13 heteroatoms. The Labute approximate surface area is 276 Å². The summed E-state index contributed by atoms with van der Waals surface area (Å²) in [6.07, 6.45) is 4.07. The molecule has 0 spiro atoms. The summed E-state index contributed by atoms with van der Waals surface area (Å²) in [6, 6.07) is 18.9. The van der Waals surface area contributed by atoms with E-state index in [2.05, 4.69) is 20.7 Å². The monoisotopic (exact) mass is 652 g/mol. The van der Waals surface area contributed by atoms with Crippen molar-refractivity contribution >= 4 is 17.7 Å². The quantitative estimate of drug-likeness (QED) is 0.279. The van der Waals surface area contributed by atoms with E-state index in [-0.39, 0.29) is 38.4 Å². The molecule has 5 aromatic rings. The summed E-state index contributed by atoms with van der Waals surface area (Å²) in [7, 11) is 1.55. The van der Waals surface area contributed by atoms with Gasteiger partial charge in [0.2, 0.25) is 17.7 Å². The van der Waals surface area contributed by atoms with Gasteiger partial charge >= 0.3 is 0 Å². The van der Waals surface area contributed by atoms with E-state index < -0.39 is 23.8 Å². The van der Waals surface area contributed by atoms with Gasteiger partial charge in [-0.25, -0.2) is 4.98 Å². The molecular formula is C35H36N6O7. The zero-order valence-corrected chi connectivity index (χ0v) is 26.7. The highest BCUT2D eigenvalue weighted by Crippen LogP contribution is 2.33. The van der Waals surface area contributed by atoms with E-state index in [0.29, 0.717) is 53.1 Å². The Morgan fingerprint density at radius 2 is 1.92 bits per heavy atom. The Kier molecular flexibility index (Phi) is 9.84. The van der Waals surface area contributed by atoms with Crippen LogP contribution in [-0.4, -0.2) is 70.2 Å². The van der Waals surface area contributed by atoms with Crippen LogP contribution in [0.15, 0.2) is 88.0 Å². The van der Waals surface area contributed by atoms with Crippen molar-refractivity contribution in [2.24, 2.45) is 0 Å². The highest BCUT2D eigenvalue weighted by atomic mass is 16.5. The van der Waals surface area contributed by atoms with Gasteiger partial charge in [0, 0.05) is 30.9 Å². The van der Waals surface area contributed by atoms with Crippen LogP contribution >= 0.6 is 0 Å². The second-order valence-electron chi connectivity index (χ2n) is 11.3. The minimum Gasteiger partial charge on any atom is -0.493 e. The number of methoxy groups -OCH3 is 1. The lowest BCUT2D eigenvalue weighted by molar-refractivity contribution is -0.129. The van der Waals surface area contributed by atoms with Crippen LogP contribution in [0.5, 0.6) is 11.5 Å². The molecule has 4 heterocycles. The molecule has 13 nitrogen and oxygen atoms in total. The summed E-state index contributed by atoms with van der Waals surface area (Å²) in [5.74, 6) is 1.15. The highest BCUT2D eigenvalue weighted by molar-refractivity contribution is 5.95. The second-order valence-corrected chi connectivity index (χ2v) is 11.3. The van der Waals surface area contributed by atoms with Crippen LogP contribution in [0.1, 0.15) is 39.8 Å². The predicted octanol–water partition coefficient (Wildman–Crippen LogP) is 3.77. The average molecular weight is 653 g/mol. The van der Waals surface area contributed by atoms with Crippen LogP contribution in [0.4, 0.5) is 0 Å². The van der Waals surface area contributed by atoms with Gasteiger partial charge in [-0.1, -0.05) is 30.3 Å². The van der Waals surface area contributed by atoms with Gasteiger partial charge < -0.3 is 33.8 Å². The average Bonchev–Trinajstić information content (AvgIpc) is 3.87. The summed E-state index contributed by atoms with van der Waals surface area (Å²) < 4.78 is 25.1. The van der Waals surface area contributed by atoms with Crippen LogP contribution in [-0.2, 0) is 29.1 Å². The third kappa shape index (κ3) is 7.74. The molecule has 2 aromatic carbocycles. The number of oxazole rings is 1. The summed E-state index contributed by atoms with van der Waals surface area (Å²) in [5.41, 5.74) is 2.08. The van der Waals surface area contributed by atoms with Crippen molar-refractivity contribution in [1.82, 2.24) is 30.3 Å². The van der Waals surface area contributed by atoms with Gasteiger partial charge in [0.15, 0.2) is 17.3 Å². The Balaban J connectivity index is 1.27. The second kappa shape index (κ2) is 14.7. The van der Waals surface area contributed by atoms with Gasteiger partial charge in [-0.05, 0) is 55.3 Å². The number of carbonyl (C=O) groups is 3. The normalized spacial score (nSPS) is 15.9. The lowest BCUT2D eigenvalue weighted by atomic mass is 10.1. The molecule has 0 saturated carbocycles. The number of aryl methyl sites for hydroxylation is 1. The van der Waals surface area contributed by atoms with Crippen LogP contribution in [0, 0.1) is 6.92 Å². The van der Waals surface area contributed by atoms with E-state index in [4.69, 9.17) is 18.3 Å². The third-order valence-electron chi connectivity index (χ3n) is 7.87. The fourth-order valence-corrected chi connectivity index (χ4v) is 5.38. The van der Waals surface area contributed by atoms with Crippen molar-refractivity contribution in [3.63, 3.8) is 0 Å². The van der Waals surface area contributed by atoms with Crippen LogP contribution in [0.25, 0.3) is 11.5 Å². The van der Waals surface area contributed by atoms with Crippen molar-refractivity contribution in [2.75, 3.05) is 26.8 Å². The van der Waals surface area contributed by atoms with Crippen molar-refractivity contribution in [2.45, 2.75) is 38.9 Å². The van der Waals surface area contributed by atoms with Gasteiger partial charge in [0.05, 0.1) is 33.4 Å². The minimum absolute atomic E-state index is 0.0822. The maximum absolute atomic E-state index is 13.7. The lowest BCUT2D eigenvalue weighted by Gasteiger charge is -2.24. The number of aromatic nitrogens is 3. The third-order valence-corrected chi connectivity index (χ3v) is 7.87. The number of furan rings is 1. The molecule has 1 aliphatic heterocycles. The molecule has 1 atom stereocenters. The molecule has 6 rings (SSSR count). The van der Waals surface area contributed by atoms with Crippen molar-refractivity contribution in [1.29, 1.82) is 0 Å². The first-order valence-electron chi connectivity index (χ1n) is 15.6. The number of hydrogen-bond donors (Lipinski definition) is 2. The van der Waals surface area contributed by atoms with E-state index in [1.165, 1.54) is 4.90 Å². The summed E-state index contributed by atoms with van der Waals surface area (Å²) >= 11 is 0. The first-order valence-corrected chi connectivity index (χ1v) is 15.6. The van der Waals surface area contributed by atoms with E-state index in [9.17, 15) is 14.4 Å². The summed E-state index contributed by atoms with van der Waals surface area (Å²) in [4.78, 5) is 46.8. The van der Waals surface area contributed by atoms with Crippen molar-refractivity contribution in [3.8, 4) is 23.0 Å². The number of hydrogen-bond acceptors (Lipinski definition) is 9. The molecular weight excluding hydrogens is 616 g/mol. The predicted molar refractivity (Wildman–Crippen MR) is 173 cm³/mol. The van der Waals surface area contributed by atoms with E-state index >= 15 is 0 Å². The molecule has 0 fully saturated rings. The molecule has 0 saturated heterocycles. The van der Waals surface area contributed by atoms with E-state index in [1.807, 2.05) is 36.4 Å². The van der Waals surface area contributed by atoms with Gasteiger partial charge in [0.1, 0.15) is 23.3 Å². The zero-order valence-electron chi connectivity index (χ0n) is 26.7. The van der Waals surface area contributed by atoms with E-state index in [1.54, 1.807) is 61.4 Å². The van der Waals surface area contributed by atoms with Gasteiger partial charge in [-0.15, -0.1) is 0 Å². The van der Waals surface area contributed by atoms with Crippen molar-refractivity contribution < 1.29 is 32.7 Å². The number of carbonyl (C=O) groups excluding carboxylic acids is 3. The Hall–Kier alpha value is -5.85. The molecule has 4 bridgehead atoms. The first-order chi connectivity index (χ1) is 23.4. The van der Waals surface area contributed by atoms with Crippen molar-refractivity contribution in [3.05, 3.63) is 108 Å². The van der Waals surface area contributed by atoms with Gasteiger partial charge in [0.25, 0.3) is 5.91 Å². The molecule has 0 aliphatic carbocycles. The Morgan fingerprint density at radius 3 is 2.71 bits per heavy atom. The molecule has 3 aromatic heterocycles. The number of benzene rings is 2. The number of amides is 3. The Bertz CT molecular complexity index is 1870. The molecule has 2 N–H and O–H groups in total. The fraction of sp³-hybridized carbons (Fsp3) is 0.286. The minimum atomic E-state index is -0.917. The van der Waals surface area contributed by atoms with Gasteiger partial charge in [-0.3, -0.25) is 19.1 Å². The maximum Gasteiger partial charge on any atom is 0.290 e. The topological polar surface area (TPSA) is 154 Å². The van der Waals surface area contributed by atoms with E-state index in [0.717, 1.165) is 5.56 Å². The molecule has 48 heavy (non-hydrogen) atoms. The smallest absolute Gasteiger partial charge is 0.290 e. The number of rotatable bonds is 6. The number of fused-ring (bicyclic) bond motifs is 5. The first kappa shape index (κ1) is 32.1. The number of nitrogens with one attached hydrogen (secondary N) is 2. The number of ether oxygens (including phenoxy) is 2. The lowest BCUT2D eigenvalue weighted by Crippen LogP contribution is -2.51. The Morgan fingerprint density at radius 1 is 1.06 bits per heavy atom. The fourth-order valence-electron chi connectivity index (χ4n) is 5.38. The molecule has 3 amide bonds. The molecule has 0 unspecified atom stereocenters. The van der Waals surface area contributed by atoms with Crippen LogP contribution in [0.2, 0.25) is 0 Å². The maximum atomic E-state index is 13.7. The standard InChI is InChI=1S/C35H36N6O7/c1-23-28-20-36-33(43)27(18-24-8-4-3-5-9-24)38-32(42)22-40(35(44)30-13-11-26(48-30)21-41-16-6-14-37-41)15-7-17-46-31-19-25(34(39-28)47-23)10-12-29(31)45-2/h3-6,8-14,16,19,27H,7,15,17-18,20-22H2,1-2H3,(H,36,43)(H,38,42)/t27-/m1/s1. The summed E-state index contributed by atoms with van der Waals surface area (Å²) in [5, 5.41) is 9.92. The van der Waals surface area contributed by atoms with Crippen LogP contribution < -0.4 is 20.1 Å². The summed E-state index contributed by atoms with van der Waals surface area (Å²) in [6.45, 7) is 2.27. The van der Waals surface area contributed by atoms with Crippen LogP contribution in [0.3, 0.4) is 0 Å². The highest BCUT2D eigenvalue weighted by Gasteiger charge is 2.27. The molecule has 248 valence electrons. The molecule has 0 radical (unpaired) electrons.